The summed E-state index contributed by atoms with van der Waals surface area (Å²) in [6.45, 7) is 7.99. The van der Waals surface area contributed by atoms with E-state index in [1.807, 2.05) is 33.9 Å². The van der Waals surface area contributed by atoms with Gasteiger partial charge < -0.3 is 9.67 Å². The minimum atomic E-state index is -2.56. The summed E-state index contributed by atoms with van der Waals surface area (Å²) in [5.74, 6) is -1.88. The summed E-state index contributed by atoms with van der Waals surface area (Å²) in [5, 5.41) is 10.6. The van der Waals surface area contributed by atoms with Gasteiger partial charge in [-0.2, -0.15) is 0 Å². The summed E-state index contributed by atoms with van der Waals surface area (Å²) in [5.41, 5.74) is 0.656. The molecule has 1 saturated carbocycles. The average Bonchev–Trinajstić information content (AvgIpc) is 2.70. The average molecular weight is 286 g/mol. The van der Waals surface area contributed by atoms with Crippen LogP contribution in [0.4, 0.5) is 8.78 Å². The highest BCUT2D eigenvalue weighted by molar-refractivity contribution is 5.11. The van der Waals surface area contributed by atoms with E-state index in [0.29, 0.717) is 12.8 Å². The predicted octanol–water partition coefficient (Wildman–Crippen LogP) is 3.81. The standard InChI is InChI=1S/C15H24F2N2O/c1-10-9-19(13(18-10)14(2,3)4)12(20)11-5-7-15(16,17)8-6-11/h9,11-12,20H,5-8H2,1-4H3. The minimum Gasteiger partial charge on any atom is -0.373 e. The Bertz CT molecular complexity index is 467. The van der Waals surface area contributed by atoms with Crippen molar-refractivity contribution in [2.75, 3.05) is 0 Å². The molecule has 0 saturated heterocycles. The van der Waals surface area contributed by atoms with E-state index in [1.54, 1.807) is 4.57 Å². The summed E-state index contributed by atoms with van der Waals surface area (Å²) in [7, 11) is 0. The number of rotatable bonds is 2. The van der Waals surface area contributed by atoms with Gasteiger partial charge in [0.1, 0.15) is 12.1 Å². The van der Waals surface area contributed by atoms with Crippen molar-refractivity contribution >= 4 is 0 Å². The number of halogens is 2. The van der Waals surface area contributed by atoms with E-state index in [9.17, 15) is 13.9 Å². The van der Waals surface area contributed by atoms with E-state index in [1.165, 1.54) is 0 Å². The topological polar surface area (TPSA) is 38.0 Å². The van der Waals surface area contributed by atoms with Gasteiger partial charge in [0, 0.05) is 30.4 Å². The Hall–Kier alpha value is -0.970. The fourth-order valence-electron chi connectivity index (χ4n) is 2.86. The van der Waals surface area contributed by atoms with E-state index >= 15 is 0 Å². The van der Waals surface area contributed by atoms with Crippen LogP contribution in [0.15, 0.2) is 6.20 Å². The molecule has 1 aliphatic carbocycles. The molecule has 1 atom stereocenters. The molecule has 1 aliphatic rings. The number of aromatic nitrogens is 2. The van der Waals surface area contributed by atoms with Crippen LogP contribution in [0.3, 0.4) is 0 Å². The highest BCUT2D eigenvalue weighted by atomic mass is 19.3. The first kappa shape index (κ1) is 15.4. The van der Waals surface area contributed by atoms with Crippen LogP contribution < -0.4 is 0 Å². The molecule has 1 unspecified atom stereocenters. The van der Waals surface area contributed by atoms with Crippen LogP contribution in [0.2, 0.25) is 0 Å². The lowest BCUT2D eigenvalue weighted by Crippen LogP contribution is -2.31. The highest BCUT2D eigenvalue weighted by Crippen LogP contribution is 2.40. The highest BCUT2D eigenvalue weighted by Gasteiger charge is 2.38. The number of aliphatic hydroxyl groups is 1. The van der Waals surface area contributed by atoms with Crippen molar-refractivity contribution < 1.29 is 13.9 Å². The van der Waals surface area contributed by atoms with Gasteiger partial charge in [-0.05, 0) is 19.8 Å². The second kappa shape index (κ2) is 5.10. The number of hydrogen-bond donors (Lipinski definition) is 1. The molecule has 2 rings (SSSR count). The summed E-state index contributed by atoms with van der Waals surface area (Å²) in [6.07, 6.45) is 1.50. The molecule has 0 bridgehead atoms. The zero-order valence-electron chi connectivity index (χ0n) is 12.7. The van der Waals surface area contributed by atoms with Crippen molar-refractivity contribution in [1.29, 1.82) is 0 Å². The van der Waals surface area contributed by atoms with Crippen LogP contribution >= 0.6 is 0 Å². The van der Waals surface area contributed by atoms with Gasteiger partial charge in [0.2, 0.25) is 5.92 Å². The van der Waals surface area contributed by atoms with Crippen molar-refractivity contribution in [3.8, 4) is 0 Å². The molecule has 3 nitrogen and oxygen atoms in total. The van der Waals surface area contributed by atoms with Crippen LogP contribution in [0.25, 0.3) is 0 Å². The van der Waals surface area contributed by atoms with E-state index in [4.69, 9.17) is 0 Å². The summed E-state index contributed by atoms with van der Waals surface area (Å²) in [6, 6.07) is 0. The van der Waals surface area contributed by atoms with Gasteiger partial charge in [0.15, 0.2) is 0 Å². The molecule has 5 heteroatoms. The van der Waals surface area contributed by atoms with Gasteiger partial charge in [0.25, 0.3) is 0 Å². The molecule has 0 spiro atoms. The zero-order chi connectivity index (χ0) is 15.1. The fourth-order valence-corrected chi connectivity index (χ4v) is 2.86. The normalized spacial score (nSPS) is 21.9. The van der Waals surface area contributed by atoms with E-state index in [2.05, 4.69) is 4.98 Å². The van der Waals surface area contributed by atoms with E-state index < -0.39 is 12.2 Å². The molecule has 1 fully saturated rings. The molecular weight excluding hydrogens is 262 g/mol. The first-order chi connectivity index (χ1) is 9.10. The van der Waals surface area contributed by atoms with Gasteiger partial charge in [0.05, 0.1) is 5.69 Å². The third kappa shape index (κ3) is 3.19. The number of imidazole rings is 1. The van der Waals surface area contributed by atoms with Crippen LogP contribution in [0.5, 0.6) is 0 Å². The maximum Gasteiger partial charge on any atom is 0.248 e. The first-order valence-corrected chi connectivity index (χ1v) is 7.22. The molecule has 0 radical (unpaired) electrons. The molecule has 20 heavy (non-hydrogen) atoms. The van der Waals surface area contributed by atoms with Gasteiger partial charge >= 0.3 is 0 Å². The Labute approximate surface area is 119 Å². The van der Waals surface area contributed by atoms with E-state index in [0.717, 1.165) is 11.5 Å². The molecule has 1 aromatic heterocycles. The molecule has 1 heterocycles. The summed E-state index contributed by atoms with van der Waals surface area (Å²) < 4.78 is 28.2. The van der Waals surface area contributed by atoms with Crippen LogP contribution in [-0.4, -0.2) is 20.6 Å². The predicted molar refractivity (Wildman–Crippen MR) is 73.8 cm³/mol. The van der Waals surface area contributed by atoms with Crippen molar-refractivity contribution in [3.63, 3.8) is 0 Å². The summed E-state index contributed by atoms with van der Waals surface area (Å²) >= 11 is 0. The number of aryl methyl sites for hydroxylation is 1. The minimum absolute atomic E-state index is 0.121. The van der Waals surface area contributed by atoms with Crippen molar-refractivity contribution in [3.05, 3.63) is 17.7 Å². The zero-order valence-corrected chi connectivity index (χ0v) is 12.7. The van der Waals surface area contributed by atoms with Crippen molar-refractivity contribution in [2.45, 2.75) is 70.9 Å². The molecule has 114 valence electrons. The van der Waals surface area contributed by atoms with Gasteiger partial charge in [-0.3, -0.25) is 0 Å². The lowest BCUT2D eigenvalue weighted by molar-refractivity contribution is -0.0754. The number of nitrogens with zero attached hydrogens (tertiary/aromatic N) is 2. The Balaban J connectivity index is 2.20. The quantitative estimate of drug-likeness (QED) is 0.898. The number of hydrogen-bond acceptors (Lipinski definition) is 2. The molecule has 0 aromatic carbocycles. The Morgan fingerprint density at radius 3 is 2.40 bits per heavy atom. The maximum atomic E-state index is 13.2. The fraction of sp³-hybridized carbons (Fsp3) is 0.800. The second-order valence-corrected chi connectivity index (χ2v) is 6.97. The number of alkyl halides is 2. The van der Waals surface area contributed by atoms with Crippen LogP contribution in [-0.2, 0) is 5.41 Å². The van der Waals surface area contributed by atoms with E-state index in [-0.39, 0.29) is 24.2 Å². The molecule has 1 N–H and O–H groups in total. The largest absolute Gasteiger partial charge is 0.373 e. The summed E-state index contributed by atoms with van der Waals surface area (Å²) in [4.78, 5) is 4.48. The first-order valence-electron chi connectivity index (χ1n) is 7.22. The maximum absolute atomic E-state index is 13.2. The molecule has 0 amide bonds. The van der Waals surface area contributed by atoms with Crippen molar-refractivity contribution in [2.24, 2.45) is 5.92 Å². The monoisotopic (exact) mass is 286 g/mol. The van der Waals surface area contributed by atoms with Gasteiger partial charge in [-0.25, -0.2) is 13.8 Å². The van der Waals surface area contributed by atoms with Gasteiger partial charge in [-0.1, -0.05) is 20.8 Å². The van der Waals surface area contributed by atoms with Gasteiger partial charge in [-0.15, -0.1) is 0 Å². The third-order valence-electron chi connectivity index (χ3n) is 3.99. The third-order valence-corrected chi connectivity index (χ3v) is 3.99. The molecule has 0 aliphatic heterocycles. The number of aliphatic hydroxyl groups excluding tert-OH is 1. The van der Waals surface area contributed by atoms with Crippen LogP contribution in [0, 0.1) is 12.8 Å². The van der Waals surface area contributed by atoms with Crippen LogP contribution in [0.1, 0.15) is 64.2 Å². The lowest BCUT2D eigenvalue weighted by atomic mass is 9.85. The molecular formula is C15H24F2N2O. The Morgan fingerprint density at radius 2 is 1.90 bits per heavy atom. The smallest absolute Gasteiger partial charge is 0.248 e. The second-order valence-electron chi connectivity index (χ2n) is 6.97. The lowest BCUT2D eigenvalue weighted by Gasteiger charge is -2.33. The molecule has 1 aromatic rings. The Morgan fingerprint density at radius 1 is 1.35 bits per heavy atom. The SMILES string of the molecule is Cc1cn(C(O)C2CCC(F)(F)CC2)c(C(C)(C)C)n1. The van der Waals surface area contributed by atoms with Crippen molar-refractivity contribution in [1.82, 2.24) is 9.55 Å². The Kier molecular flexibility index (Phi) is 3.93.